The molecule has 0 spiro atoms. The van der Waals surface area contributed by atoms with Crippen molar-refractivity contribution in [2.75, 3.05) is 0 Å². The molecule has 35 unspecified atom stereocenters. The Bertz CT molecular complexity index is 2360. The minimum atomic E-state index is -4.05. The molecule has 0 radical (unpaired) electrons. The summed E-state index contributed by atoms with van der Waals surface area (Å²) in [5, 5.41) is 0. The minimum Gasteiger partial charge on any atom is -0.310 e. The standard InChI is InChI=1S/C15H20F3.C14H19F3.C14H20F.C14H21.C13H19F.5C2H6.6Rf/c1-7-10-6-11(14(7,2)15(16,17)18)13-9-4-3-8(5-9)12(10)13;1-13(14(15,16)17)6-9-5-10(13)12-8-3-2-7(4-8)11(9)12;1-7-10-6-11(14(7,2)15)13-9-4-3-8(5-9)12(10)13;1-7-8(2)12-6-11(7)13-9-3-4-10(5-9)14(12)13;1-13(14)6-9-5-10(13)12-8-3-2-7(4-8)11(9)12;5*1-2;;;;;;/h8-13H,3-6H2,1-2H3;7-12H,2-6H2,1H3;8-13H,3-6H2,1-2H3;7,9-14H,3-6H2,1-2H3;7-12H,2-6H2,1H3;5*1-2H3;;;;;;/q-1;;2*-1;;;;;;;;;;;;. The average Bonchev–Trinajstić information content (AvgIpc) is 1.55. The van der Waals surface area contributed by atoms with Crippen molar-refractivity contribution in [1.82, 2.24) is 0 Å². The fraction of sp³-hybridized carbons (Fsp3) is 0.963. The van der Waals surface area contributed by atoms with Crippen LogP contribution in [0.15, 0.2) is 0 Å². The molecule has 20 saturated carbocycles. The van der Waals surface area contributed by atoms with E-state index in [1.165, 1.54) is 116 Å². The quantitative estimate of drug-likeness (QED) is 0.129. The fourth-order valence-corrected chi connectivity index (χ4v) is 30.2. The number of halogens is 8. The van der Waals surface area contributed by atoms with E-state index >= 15 is 0 Å². The molecule has 0 saturated heterocycles. The summed E-state index contributed by atoms with van der Waals surface area (Å²) in [5.41, 5.74) is -4.56. The Hall–Kier alpha value is -6.56. The third-order valence-electron chi connectivity index (χ3n) is 33.0. The molecule has 520 valence electrons. The molecule has 0 nitrogen and oxygen atoms in total. The summed E-state index contributed by atoms with van der Waals surface area (Å²) in [5.74, 6) is 26.6. The molecular formula is C80H129F8Rf6-3. The number of fused-ring (bicyclic) bond motifs is 45. The van der Waals surface area contributed by atoms with Crippen molar-refractivity contribution >= 4 is 0 Å². The van der Waals surface area contributed by atoms with Crippen molar-refractivity contribution in [2.24, 2.45) is 194 Å². The van der Waals surface area contributed by atoms with E-state index in [2.05, 4.69) is 20.8 Å². The van der Waals surface area contributed by atoms with Crippen LogP contribution in [0.1, 0.15) is 266 Å². The van der Waals surface area contributed by atoms with Gasteiger partial charge in [0.05, 0.1) is 5.41 Å². The molecule has 14 heteroatoms. The Balaban J connectivity index is 0.000000203. The third-order valence-corrected chi connectivity index (χ3v) is 33.0. The number of rotatable bonds is 0. The first kappa shape index (κ1) is 78.1. The van der Waals surface area contributed by atoms with Crippen LogP contribution in [0.2, 0.25) is 0 Å². The normalized spacial score (nSPS) is 53.0. The number of hydrogen-bond donors (Lipinski definition) is 0. The topological polar surface area (TPSA) is 0 Å². The van der Waals surface area contributed by atoms with Crippen molar-refractivity contribution in [1.29, 1.82) is 0 Å². The largest absolute Gasteiger partial charge is 0.394 e. The summed E-state index contributed by atoms with van der Waals surface area (Å²) in [6, 6.07) is 0. The van der Waals surface area contributed by atoms with Crippen LogP contribution < -0.4 is 0 Å². The summed E-state index contributed by atoms with van der Waals surface area (Å²) in [4.78, 5) is 0. The zero-order valence-electron chi connectivity index (χ0n) is 63.2. The first-order valence-corrected chi connectivity index (χ1v) is 38.8. The predicted octanol–water partition coefficient (Wildman–Crippen LogP) is 24.4. The fourth-order valence-electron chi connectivity index (χ4n) is 30.2. The molecule has 0 heterocycles. The van der Waals surface area contributed by atoms with Crippen molar-refractivity contribution in [3.8, 4) is 0 Å². The van der Waals surface area contributed by atoms with Crippen LogP contribution in [0.25, 0.3) is 0 Å². The van der Waals surface area contributed by atoms with E-state index in [1.54, 1.807) is 32.6 Å². The van der Waals surface area contributed by atoms with Gasteiger partial charge in [0, 0.05) is 0 Å². The zero-order valence-corrected chi connectivity index (χ0v) is 102. The zero-order chi connectivity index (χ0) is 64.2. The van der Waals surface area contributed by atoms with Crippen LogP contribution in [0.5, 0.6) is 0 Å². The van der Waals surface area contributed by atoms with Crippen LogP contribution >= 0.6 is 0 Å². The summed E-state index contributed by atoms with van der Waals surface area (Å²) in [6.45, 7) is 35.6. The summed E-state index contributed by atoms with van der Waals surface area (Å²) >= 11 is 0. The van der Waals surface area contributed by atoms with E-state index in [9.17, 15) is 35.1 Å². The van der Waals surface area contributed by atoms with Gasteiger partial charge in [-0.15, -0.1) is 0 Å². The Morgan fingerprint density at radius 2 is 0.638 bits per heavy atom. The second-order valence-electron chi connectivity index (χ2n) is 34.3. The second-order valence-corrected chi connectivity index (χ2v) is 34.3. The molecule has 20 aliphatic carbocycles. The van der Waals surface area contributed by atoms with E-state index in [1.807, 2.05) is 89.0 Å². The van der Waals surface area contributed by atoms with E-state index in [4.69, 9.17) is 0 Å². The van der Waals surface area contributed by atoms with Gasteiger partial charge in [-0.3, -0.25) is 16.2 Å². The van der Waals surface area contributed by atoms with Crippen LogP contribution in [-0.4, -0.2) is 23.7 Å². The van der Waals surface area contributed by atoms with Gasteiger partial charge in [-0.2, -0.15) is 70.8 Å². The summed E-state index contributed by atoms with van der Waals surface area (Å²) in [7, 11) is 0. The SMILES string of the molecule is CC.CC.CC.CC.CC.CC1(C(F)(F)F)CC2CC1C1C3CCC(C3)C21.CC1(F)CC2CC1C1C3CCC(C3)C21.C[C-]1C(C)C2CC1C1C3CCC(C3)C21.C[C-]1C2CC(C3C4CCC(C4)C23)C1(C)C(F)(F)F.C[C-]1C2CC(C3C4CCC(C4)C23)C1(C)F.[Rf].[Rf].[Rf].[Rf].[Rf].[Rf]. The number of hydrogen-bond acceptors (Lipinski definition) is 0. The molecular weight excluding hydrogens is 2710 g/mol. The Kier molecular flexibility index (Phi) is 22.3. The van der Waals surface area contributed by atoms with E-state index in [0.717, 1.165) is 126 Å². The molecule has 94 heavy (non-hydrogen) atoms. The first-order valence-electron chi connectivity index (χ1n) is 38.8. The van der Waals surface area contributed by atoms with E-state index in [-0.39, 0.29) is 17.8 Å². The molecule has 0 aliphatic heterocycles. The maximum absolute atomic E-state index is 14.6. The van der Waals surface area contributed by atoms with Gasteiger partial charge in [-0.1, -0.05) is 151 Å². The second kappa shape index (κ2) is 26.8. The molecule has 20 fully saturated rings. The number of alkyl halides is 8. The monoisotopic (exact) mass is 2840 g/mol. The first-order chi connectivity index (χ1) is 41.8. The Morgan fingerprint density at radius 1 is 0.319 bits per heavy atom. The maximum Gasteiger partial charge on any atom is 0.394 e. The molecule has 0 aromatic heterocycles. The Morgan fingerprint density at radius 3 is 1.05 bits per heavy atom. The van der Waals surface area contributed by atoms with E-state index in [0.29, 0.717) is 65.6 Å². The molecule has 0 amide bonds. The van der Waals surface area contributed by atoms with Gasteiger partial charge in [-0.05, 0) is 265 Å². The minimum absolute atomic E-state index is 0. The van der Waals surface area contributed by atoms with Crippen molar-refractivity contribution in [3.63, 3.8) is 0 Å². The summed E-state index contributed by atoms with van der Waals surface area (Å²) in [6.07, 6.45) is 19.8. The molecule has 0 aromatic carbocycles. The molecule has 0 aromatic rings. The van der Waals surface area contributed by atoms with Crippen LogP contribution in [0, 0.1) is 212 Å². The van der Waals surface area contributed by atoms with Gasteiger partial charge >= 0.3 is 12.4 Å². The van der Waals surface area contributed by atoms with Crippen LogP contribution in [0.4, 0.5) is 35.1 Å². The van der Waals surface area contributed by atoms with Crippen LogP contribution in [-0.2, 0) is 0 Å². The molecule has 20 rings (SSSR count). The smallest absolute Gasteiger partial charge is 0.310 e. The van der Waals surface area contributed by atoms with Gasteiger partial charge in [0.2, 0.25) is 0 Å². The van der Waals surface area contributed by atoms with Crippen molar-refractivity contribution in [3.05, 3.63) is 17.8 Å². The van der Waals surface area contributed by atoms with Crippen LogP contribution in [0.3, 0.4) is 0 Å². The summed E-state index contributed by atoms with van der Waals surface area (Å²) < 4.78 is 109. The van der Waals surface area contributed by atoms with Gasteiger partial charge in [0.25, 0.3) is 0 Å². The molecule has 20 bridgehead atoms. The third kappa shape index (κ3) is 10.4. The predicted molar refractivity (Wildman–Crippen MR) is 346 cm³/mol. The molecule has 0 N–H and O–H groups in total. The Labute approximate surface area is 534 Å². The van der Waals surface area contributed by atoms with Gasteiger partial charge in [0.1, 0.15) is 5.67 Å². The average molecular weight is 2840 g/mol. The van der Waals surface area contributed by atoms with Crippen molar-refractivity contribution < 1.29 is 35.1 Å². The van der Waals surface area contributed by atoms with Crippen molar-refractivity contribution in [2.45, 2.75) is 290 Å². The van der Waals surface area contributed by atoms with Gasteiger partial charge in [0.15, 0.2) is 0 Å². The van der Waals surface area contributed by atoms with Gasteiger partial charge in [-0.25, -0.2) is 4.39 Å². The molecule has 20 aliphatic rings. The maximum atomic E-state index is 14.6. The molecule has 35 atom stereocenters. The van der Waals surface area contributed by atoms with Gasteiger partial charge < -0.3 is 5.92 Å². The van der Waals surface area contributed by atoms with E-state index < -0.39 is 34.5 Å².